The van der Waals surface area contributed by atoms with Crippen molar-refractivity contribution < 1.29 is 9.13 Å². The molecule has 4 nitrogen and oxygen atoms in total. The fourth-order valence-electron chi connectivity index (χ4n) is 2.72. The zero-order valence-corrected chi connectivity index (χ0v) is 12.5. The zero-order chi connectivity index (χ0) is 14.4. The van der Waals surface area contributed by atoms with Gasteiger partial charge in [0.2, 0.25) is 0 Å². The number of pyridine rings is 1. The first-order valence-electron chi connectivity index (χ1n) is 6.59. The van der Waals surface area contributed by atoms with Crippen molar-refractivity contribution in [2.45, 2.75) is 12.6 Å². The molecular formula is C15H11BrFN3O. The Hall–Kier alpha value is -1.79. The van der Waals surface area contributed by atoms with Crippen molar-refractivity contribution in [3.05, 3.63) is 58.2 Å². The van der Waals surface area contributed by atoms with Crippen molar-refractivity contribution in [3.63, 3.8) is 0 Å². The maximum absolute atomic E-state index is 13.5. The first-order valence-corrected chi connectivity index (χ1v) is 7.38. The molecule has 21 heavy (non-hydrogen) atoms. The van der Waals surface area contributed by atoms with E-state index in [2.05, 4.69) is 25.9 Å². The predicted molar refractivity (Wildman–Crippen MR) is 79.4 cm³/mol. The van der Waals surface area contributed by atoms with Crippen molar-refractivity contribution >= 4 is 27.1 Å². The molecule has 0 spiro atoms. The van der Waals surface area contributed by atoms with Gasteiger partial charge in [0.15, 0.2) is 5.65 Å². The van der Waals surface area contributed by atoms with E-state index in [4.69, 9.17) is 4.74 Å². The number of hydrogen-bond acceptors (Lipinski definition) is 3. The Morgan fingerprint density at radius 3 is 3.00 bits per heavy atom. The van der Waals surface area contributed by atoms with Crippen LogP contribution in [0.5, 0.6) is 0 Å². The third-order valence-electron chi connectivity index (χ3n) is 3.63. The average Bonchev–Trinajstić information content (AvgIpc) is 2.85. The summed E-state index contributed by atoms with van der Waals surface area (Å²) in [5, 5.41) is 0. The van der Waals surface area contributed by atoms with Crippen molar-refractivity contribution in [3.8, 4) is 0 Å². The second-order valence-corrected chi connectivity index (χ2v) is 5.77. The highest BCUT2D eigenvalue weighted by atomic mass is 79.9. The molecule has 3 aromatic rings. The second-order valence-electron chi connectivity index (χ2n) is 4.96. The molecule has 0 bridgehead atoms. The second kappa shape index (κ2) is 4.89. The molecule has 1 aromatic carbocycles. The summed E-state index contributed by atoms with van der Waals surface area (Å²) in [7, 11) is 0. The van der Waals surface area contributed by atoms with Crippen LogP contribution >= 0.6 is 15.9 Å². The quantitative estimate of drug-likeness (QED) is 0.633. The third kappa shape index (κ3) is 2.15. The molecule has 0 radical (unpaired) electrons. The van der Waals surface area contributed by atoms with Gasteiger partial charge in [-0.25, -0.2) is 14.4 Å². The Kier molecular flexibility index (Phi) is 3.01. The minimum Gasteiger partial charge on any atom is -0.371 e. The van der Waals surface area contributed by atoms with Gasteiger partial charge in [-0.3, -0.25) is 0 Å². The van der Waals surface area contributed by atoms with Gasteiger partial charge in [0.25, 0.3) is 0 Å². The molecule has 2 aromatic heterocycles. The Bertz CT molecular complexity index is 833. The van der Waals surface area contributed by atoms with Crippen molar-refractivity contribution in [2.75, 3.05) is 6.61 Å². The number of rotatable bonds is 1. The monoisotopic (exact) mass is 347 g/mol. The van der Waals surface area contributed by atoms with Crippen LogP contribution in [0.2, 0.25) is 0 Å². The van der Waals surface area contributed by atoms with Gasteiger partial charge in [-0.1, -0.05) is 12.1 Å². The van der Waals surface area contributed by atoms with E-state index in [0.29, 0.717) is 13.2 Å². The molecule has 4 rings (SSSR count). The molecule has 1 unspecified atom stereocenters. The van der Waals surface area contributed by atoms with Gasteiger partial charge in [0.1, 0.15) is 28.4 Å². The van der Waals surface area contributed by atoms with Crippen LogP contribution in [-0.4, -0.2) is 21.1 Å². The first kappa shape index (κ1) is 12.9. The van der Waals surface area contributed by atoms with E-state index in [0.717, 1.165) is 27.2 Å². The van der Waals surface area contributed by atoms with Crippen LogP contribution in [0.3, 0.4) is 0 Å². The minimum atomic E-state index is -0.252. The Balaban J connectivity index is 1.94. The molecule has 1 aliphatic rings. The van der Waals surface area contributed by atoms with Crippen molar-refractivity contribution in [1.29, 1.82) is 0 Å². The molecule has 0 saturated carbocycles. The average molecular weight is 348 g/mol. The molecule has 0 amide bonds. The van der Waals surface area contributed by atoms with Gasteiger partial charge in [0.05, 0.1) is 12.6 Å². The maximum atomic E-state index is 13.5. The van der Waals surface area contributed by atoms with Crippen LogP contribution in [0.4, 0.5) is 4.39 Å². The summed E-state index contributed by atoms with van der Waals surface area (Å²) in [4.78, 5) is 9.07. The van der Waals surface area contributed by atoms with Crippen LogP contribution in [0.25, 0.3) is 11.2 Å². The fourth-order valence-corrected chi connectivity index (χ4v) is 3.02. The van der Waals surface area contributed by atoms with Gasteiger partial charge in [-0.2, -0.15) is 0 Å². The number of ether oxygens (including phenoxy) is 1. The predicted octanol–water partition coefficient (Wildman–Crippen LogP) is 3.45. The molecule has 1 aliphatic heterocycles. The van der Waals surface area contributed by atoms with E-state index in [9.17, 15) is 4.39 Å². The molecule has 0 saturated heterocycles. The van der Waals surface area contributed by atoms with Crippen LogP contribution < -0.4 is 0 Å². The summed E-state index contributed by atoms with van der Waals surface area (Å²) in [5.41, 5.74) is 2.47. The minimum absolute atomic E-state index is 0.115. The molecule has 0 aliphatic carbocycles. The number of imidazole rings is 1. The van der Waals surface area contributed by atoms with E-state index in [-0.39, 0.29) is 11.9 Å². The van der Waals surface area contributed by atoms with Gasteiger partial charge in [-0.05, 0) is 45.8 Å². The van der Waals surface area contributed by atoms with E-state index >= 15 is 0 Å². The Labute approximate surface area is 128 Å². The summed E-state index contributed by atoms with van der Waals surface area (Å²) in [5.74, 6) is 0.564. The molecule has 106 valence electrons. The fraction of sp³-hybridized carbons (Fsp3) is 0.200. The lowest BCUT2D eigenvalue weighted by atomic mass is 10.1. The molecule has 3 heterocycles. The molecule has 0 fully saturated rings. The summed E-state index contributed by atoms with van der Waals surface area (Å²) in [6.45, 7) is 0.926. The van der Waals surface area contributed by atoms with Gasteiger partial charge < -0.3 is 9.30 Å². The third-order valence-corrected chi connectivity index (χ3v) is 4.07. The van der Waals surface area contributed by atoms with Gasteiger partial charge in [-0.15, -0.1) is 0 Å². The molecule has 0 N–H and O–H groups in total. The lowest BCUT2D eigenvalue weighted by molar-refractivity contribution is 0.0676. The highest BCUT2D eigenvalue weighted by Crippen LogP contribution is 2.30. The van der Waals surface area contributed by atoms with Crippen LogP contribution in [0, 0.1) is 5.82 Å². The smallest absolute Gasteiger partial charge is 0.162 e. The number of aromatic nitrogens is 3. The van der Waals surface area contributed by atoms with Crippen molar-refractivity contribution in [1.82, 2.24) is 14.5 Å². The van der Waals surface area contributed by atoms with Gasteiger partial charge >= 0.3 is 0 Å². The molecule has 1 atom stereocenters. The lowest BCUT2D eigenvalue weighted by Gasteiger charge is -2.26. The summed E-state index contributed by atoms with van der Waals surface area (Å²) in [6, 6.07) is 10.2. The van der Waals surface area contributed by atoms with Crippen LogP contribution in [-0.2, 0) is 11.3 Å². The number of fused-ring (bicyclic) bond motifs is 3. The topological polar surface area (TPSA) is 39.9 Å². The van der Waals surface area contributed by atoms with E-state index in [1.165, 1.54) is 12.1 Å². The standard InChI is InChI=1S/C15H11BrFN3O/c16-13-5-4-11-15(19-13)20-12(7-21-8-14(20)18-11)9-2-1-3-10(17)6-9/h1-6,12H,7-8H2. The summed E-state index contributed by atoms with van der Waals surface area (Å²) < 4.78 is 21.9. The normalized spacial score (nSPS) is 17.9. The number of benzene rings is 1. The molecular weight excluding hydrogens is 337 g/mol. The first-order chi connectivity index (χ1) is 10.2. The van der Waals surface area contributed by atoms with Crippen molar-refractivity contribution in [2.24, 2.45) is 0 Å². The summed E-state index contributed by atoms with van der Waals surface area (Å²) >= 11 is 3.39. The van der Waals surface area contributed by atoms with Gasteiger partial charge in [0, 0.05) is 0 Å². The molecule has 6 heteroatoms. The maximum Gasteiger partial charge on any atom is 0.162 e. The van der Waals surface area contributed by atoms with Crippen LogP contribution in [0.1, 0.15) is 17.4 Å². The Morgan fingerprint density at radius 1 is 1.24 bits per heavy atom. The Morgan fingerprint density at radius 2 is 2.14 bits per heavy atom. The highest BCUT2D eigenvalue weighted by molar-refractivity contribution is 9.10. The number of nitrogens with zero attached hydrogens (tertiary/aromatic N) is 3. The highest BCUT2D eigenvalue weighted by Gasteiger charge is 2.26. The number of hydrogen-bond donors (Lipinski definition) is 0. The van der Waals surface area contributed by atoms with E-state index in [1.807, 2.05) is 22.8 Å². The SMILES string of the molecule is Fc1cccc(C2COCc3nc4ccc(Br)nc4n32)c1. The van der Waals surface area contributed by atoms with E-state index in [1.54, 1.807) is 6.07 Å². The van der Waals surface area contributed by atoms with Crippen LogP contribution in [0.15, 0.2) is 41.0 Å². The zero-order valence-electron chi connectivity index (χ0n) is 11.0. The van der Waals surface area contributed by atoms with E-state index < -0.39 is 0 Å². The largest absolute Gasteiger partial charge is 0.371 e. The lowest BCUT2D eigenvalue weighted by Crippen LogP contribution is -2.25. The summed E-state index contributed by atoms with van der Waals surface area (Å²) in [6.07, 6.45) is 0. The number of halogens is 2.